The van der Waals surface area contributed by atoms with E-state index >= 15 is 0 Å². The second kappa shape index (κ2) is 21.8. The highest BCUT2D eigenvalue weighted by Crippen LogP contribution is 2.45. The molecule has 0 saturated carbocycles. The van der Waals surface area contributed by atoms with Crippen molar-refractivity contribution >= 4 is 55.0 Å². The van der Waals surface area contributed by atoms with E-state index in [0.717, 1.165) is 139 Å². The van der Waals surface area contributed by atoms with Crippen molar-refractivity contribution < 1.29 is 0 Å². The molecule has 15 aromatic rings. The number of fused-ring (bicyclic) bond motifs is 6. The van der Waals surface area contributed by atoms with Crippen molar-refractivity contribution in [3.63, 3.8) is 0 Å². The molecule has 0 spiro atoms. The first-order valence-corrected chi connectivity index (χ1v) is 28.8. The summed E-state index contributed by atoms with van der Waals surface area (Å²) in [5, 5.41) is 24.6. The van der Waals surface area contributed by atoms with Crippen LogP contribution in [0.25, 0.3) is 154 Å². The Morgan fingerprint density at radius 1 is 0.307 bits per heavy atom. The lowest BCUT2D eigenvalue weighted by Gasteiger charge is -2.18. The molecule has 0 saturated heterocycles. The fourth-order valence-electron chi connectivity index (χ4n) is 12.6. The molecule has 88 heavy (non-hydrogen) atoms. The zero-order valence-corrected chi connectivity index (χ0v) is 47.1. The van der Waals surface area contributed by atoms with E-state index in [2.05, 4.69) is 164 Å². The van der Waals surface area contributed by atoms with Gasteiger partial charge in [0.2, 0.25) is 0 Å². The summed E-state index contributed by atoms with van der Waals surface area (Å²) in [5.74, 6) is 0.614. The van der Waals surface area contributed by atoms with E-state index in [1.165, 1.54) is 0 Å². The molecule has 0 unspecified atom stereocenters. The van der Waals surface area contributed by atoms with Gasteiger partial charge >= 0.3 is 0 Å². The van der Waals surface area contributed by atoms with Gasteiger partial charge in [-0.2, -0.15) is 10.5 Å². The average molecular weight is 1120 g/mol. The van der Waals surface area contributed by atoms with E-state index in [1.54, 1.807) is 0 Å². The smallest absolute Gasteiger partial charge is 0.194 e. The van der Waals surface area contributed by atoms with Gasteiger partial charge in [-0.15, -0.1) is 0 Å². The molecule has 0 aliphatic rings. The van der Waals surface area contributed by atoms with Crippen LogP contribution in [0.1, 0.15) is 11.1 Å². The second-order valence-electron chi connectivity index (χ2n) is 21.6. The first kappa shape index (κ1) is 52.1. The van der Waals surface area contributed by atoms with Crippen LogP contribution in [-0.2, 0) is 0 Å². The minimum Gasteiger partial charge on any atom is -0.309 e. The van der Waals surface area contributed by atoms with E-state index in [4.69, 9.17) is 23.1 Å². The minimum atomic E-state index is 0.571. The Morgan fingerprint density at radius 2 is 0.705 bits per heavy atom. The molecule has 3 aromatic heterocycles. The molecule has 0 atom stereocenters. The zero-order valence-electron chi connectivity index (χ0n) is 47.1. The highest BCUT2D eigenvalue weighted by Gasteiger charge is 2.23. The van der Waals surface area contributed by atoms with E-state index in [-0.39, 0.29) is 0 Å². The first-order valence-electron chi connectivity index (χ1n) is 28.8. The standard InChI is InChI=1S/C80H46N8/c1-83-71-30-15-13-28-64(71)56-34-38-77-68(45-56)67-43-54(62-26-11-9-22-59(62)49-81)32-37-76(67)87(77)61-25-17-24-53(42-61)66-47-58(74-48-73(51-18-5-3-6-19-51)85-80(86-74)52-20-7-4-8-21-52)36-41-75(66)88-78-39-33-55(63-27-12-10-23-60(63)50-82)44-69(78)70-46-57(35-40-79(70)88)65-29-14-16-31-72(65)84-2/h3-48H. The Morgan fingerprint density at radius 3 is 1.20 bits per heavy atom. The molecule has 0 aliphatic heterocycles. The zero-order chi connectivity index (χ0) is 59.2. The number of nitriles is 2. The third-order valence-electron chi connectivity index (χ3n) is 16.7. The predicted octanol–water partition coefficient (Wildman–Crippen LogP) is 20.9. The number of hydrogen-bond donors (Lipinski definition) is 0. The molecule has 12 aromatic carbocycles. The largest absolute Gasteiger partial charge is 0.309 e. The third kappa shape index (κ3) is 9.00. The van der Waals surface area contributed by atoms with Gasteiger partial charge < -0.3 is 9.13 Å². The molecule has 406 valence electrons. The normalized spacial score (nSPS) is 11.1. The van der Waals surface area contributed by atoms with Gasteiger partial charge in [0.05, 0.1) is 75.6 Å². The highest BCUT2D eigenvalue weighted by atomic mass is 15.0. The van der Waals surface area contributed by atoms with Crippen molar-refractivity contribution in [2.45, 2.75) is 0 Å². The molecule has 0 fully saturated rings. The van der Waals surface area contributed by atoms with Crippen molar-refractivity contribution in [1.29, 1.82) is 10.5 Å². The summed E-state index contributed by atoms with van der Waals surface area (Å²) in [6.07, 6.45) is 0. The van der Waals surface area contributed by atoms with Crippen LogP contribution in [0, 0.1) is 35.8 Å². The number of rotatable bonds is 10. The summed E-state index contributed by atoms with van der Waals surface area (Å²) in [6, 6.07) is 99.2. The van der Waals surface area contributed by atoms with Crippen LogP contribution >= 0.6 is 0 Å². The van der Waals surface area contributed by atoms with Crippen molar-refractivity contribution in [1.82, 2.24) is 19.1 Å². The summed E-state index contributed by atoms with van der Waals surface area (Å²) in [6.45, 7) is 16.2. The summed E-state index contributed by atoms with van der Waals surface area (Å²) in [7, 11) is 0. The summed E-state index contributed by atoms with van der Waals surface area (Å²) < 4.78 is 4.66. The average Bonchev–Trinajstić information content (AvgIpc) is 1.64. The van der Waals surface area contributed by atoms with Gasteiger partial charge in [0.25, 0.3) is 0 Å². The molecular weight excluding hydrogens is 1070 g/mol. The predicted molar refractivity (Wildman–Crippen MR) is 356 cm³/mol. The molecule has 0 bridgehead atoms. The Bertz CT molecular complexity index is 5220. The monoisotopic (exact) mass is 1120 g/mol. The summed E-state index contributed by atoms with van der Waals surface area (Å²) >= 11 is 0. The van der Waals surface area contributed by atoms with Crippen molar-refractivity contribution in [3.8, 4) is 113 Å². The quantitative estimate of drug-likeness (QED) is 0.128. The van der Waals surface area contributed by atoms with Gasteiger partial charge in [-0.25, -0.2) is 19.7 Å². The van der Waals surface area contributed by atoms with Gasteiger partial charge in [0, 0.05) is 49.5 Å². The molecule has 3 heterocycles. The molecular formula is C80H46N8. The Kier molecular flexibility index (Phi) is 12.9. The number of nitrogens with zero attached hydrogens (tertiary/aromatic N) is 8. The van der Waals surface area contributed by atoms with E-state index in [0.29, 0.717) is 28.3 Å². The van der Waals surface area contributed by atoms with Gasteiger partial charge in [0.1, 0.15) is 0 Å². The van der Waals surface area contributed by atoms with Gasteiger partial charge in [0.15, 0.2) is 17.2 Å². The molecule has 0 radical (unpaired) electrons. The highest BCUT2D eigenvalue weighted by molar-refractivity contribution is 6.14. The van der Waals surface area contributed by atoms with Crippen LogP contribution in [0.4, 0.5) is 11.4 Å². The lowest BCUT2D eigenvalue weighted by Crippen LogP contribution is -2.00. The number of hydrogen-bond acceptors (Lipinski definition) is 4. The lowest BCUT2D eigenvalue weighted by atomic mass is 9.97. The molecule has 15 rings (SSSR count). The maximum atomic E-state index is 10.3. The van der Waals surface area contributed by atoms with E-state index in [1.807, 2.05) is 146 Å². The van der Waals surface area contributed by atoms with Crippen LogP contribution in [-0.4, -0.2) is 19.1 Å². The molecule has 0 amide bonds. The van der Waals surface area contributed by atoms with E-state index < -0.39 is 0 Å². The van der Waals surface area contributed by atoms with Crippen LogP contribution in [0.5, 0.6) is 0 Å². The van der Waals surface area contributed by atoms with Crippen LogP contribution in [0.2, 0.25) is 0 Å². The number of aromatic nitrogens is 4. The fourth-order valence-corrected chi connectivity index (χ4v) is 12.6. The minimum absolute atomic E-state index is 0.571. The Labute approximate surface area is 507 Å². The molecule has 8 nitrogen and oxygen atoms in total. The molecule has 0 N–H and O–H groups in total. The number of para-hydroxylation sites is 2. The lowest BCUT2D eigenvalue weighted by molar-refractivity contribution is 1.16. The maximum absolute atomic E-state index is 10.3. The maximum Gasteiger partial charge on any atom is 0.194 e. The van der Waals surface area contributed by atoms with Gasteiger partial charge in [-0.05, 0) is 141 Å². The van der Waals surface area contributed by atoms with Gasteiger partial charge in [-0.3, -0.25) is 0 Å². The van der Waals surface area contributed by atoms with Crippen molar-refractivity contribution in [3.05, 3.63) is 313 Å². The summed E-state index contributed by atoms with van der Waals surface area (Å²) in [5.41, 5.74) is 21.4. The SMILES string of the molecule is [C-]#[N+]c1ccccc1-c1ccc2c(c1)c1cc(-c3ccccc3C#N)ccc1n2-c1cccc(-c2cc(-c3cc(-c4ccccc4)nc(-c4ccccc4)n3)ccc2-n2c3ccc(-c4ccccc4C#N)cc3c3cc(-c4ccccc4[N+]#[C-])ccc32)c1. The summed E-state index contributed by atoms with van der Waals surface area (Å²) in [4.78, 5) is 18.3. The van der Waals surface area contributed by atoms with Crippen LogP contribution in [0.15, 0.2) is 279 Å². The van der Waals surface area contributed by atoms with E-state index in [9.17, 15) is 10.5 Å². The Hall–Kier alpha value is -12.7. The second-order valence-corrected chi connectivity index (χ2v) is 21.6. The van der Waals surface area contributed by atoms with Crippen LogP contribution < -0.4 is 0 Å². The van der Waals surface area contributed by atoms with Crippen LogP contribution in [0.3, 0.4) is 0 Å². The van der Waals surface area contributed by atoms with Crippen molar-refractivity contribution in [2.24, 2.45) is 0 Å². The molecule has 0 aliphatic carbocycles. The fraction of sp³-hybridized carbons (Fsp3) is 0. The third-order valence-corrected chi connectivity index (χ3v) is 16.7. The topological polar surface area (TPSA) is 91.9 Å². The van der Waals surface area contributed by atoms with Gasteiger partial charge in [-0.1, -0.05) is 188 Å². The molecule has 8 heteroatoms. The first-order chi connectivity index (χ1) is 43.4. The Balaban J connectivity index is 0.995. The van der Waals surface area contributed by atoms with Crippen molar-refractivity contribution in [2.75, 3.05) is 0 Å². The number of benzene rings is 12.